The molecule has 2 amide bonds. The molecular weight excluding hydrogens is 623 g/mol. The first-order valence-electron chi connectivity index (χ1n) is 13.1. The average Bonchev–Trinajstić information content (AvgIpc) is 3.70. The van der Waals surface area contributed by atoms with Gasteiger partial charge in [0.2, 0.25) is 15.8 Å². The van der Waals surface area contributed by atoms with E-state index < -0.39 is 17.6 Å². The SMILES string of the molecule is COc1ccc(CNC(=O)c2nnc(CCCCc3nnc(C(=O)NCc4cc(C(F)(F)F)ccn4)s3)s2)c(OC)c1OC. The van der Waals surface area contributed by atoms with E-state index in [-0.39, 0.29) is 34.7 Å². The lowest BCUT2D eigenvalue weighted by atomic mass is 10.1. The third-order valence-corrected chi connectivity index (χ3v) is 8.12. The molecule has 0 aliphatic carbocycles. The molecule has 1 aromatic carbocycles. The number of aryl methyl sites for hydroxylation is 2. The van der Waals surface area contributed by atoms with Crippen LogP contribution in [0.25, 0.3) is 0 Å². The van der Waals surface area contributed by atoms with Crippen molar-refractivity contribution in [2.24, 2.45) is 0 Å². The van der Waals surface area contributed by atoms with Gasteiger partial charge in [-0.15, -0.1) is 20.4 Å². The smallest absolute Gasteiger partial charge is 0.416 e. The van der Waals surface area contributed by atoms with Crippen molar-refractivity contribution in [3.63, 3.8) is 0 Å². The second-order valence-corrected chi connectivity index (χ2v) is 11.2. The number of hydrogen-bond acceptors (Lipinski definition) is 12. The van der Waals surface area contributed by atoms with Crippen molar-refractivity contribution in [1.82, 2.24) is 36.0 Å². The lowest BCUT2D eigenvalue weighted by Gasteiger charge is -2.15. The van der Waals surface area contributed by atoms with Crippen LogP contribution in [0.3, 0.4) is 0 Å². The predicted octanol–water partition coefficient (Wildman–Crippen LogP) is 4.25. The number of pyridine rings is 1. The zero-order chi connectivity index (χ0) is 31.7. The van der Waals surface area contributed by atoms with Gasteiger partial charge in [0.1, 0.15) is 10.0 Å². The van der Waals surface area contributed by atoms with Crippen molar-refractivity contribution in [3.8, 4) is 17.2 Å². The fourth-order valence-corrected chi connectivity index (χ4v) is 5.59. The highest BCUT2D eigenvalue weighted by molar-refractivity contribution is 7.13. The molecule has 0 radical (unpaired) electrons. The van der Waals surface area contributed by atoms with Gasteiger partial charge in [-0.05, 0) is 37.1 Å². The maximum absolute atomic E-state index is 12.9. The first-order chi connectivity index (χ1) is 21.1. The Morgan fingerprint density at radius 2 is 1.39 bits per heavy atom. The summed E-state index contributed by atoms with van der Waals surface area (Å²) in [5.41, 5.74) is -0.0586. The van der Waals surface area contributed by atoms with Crippen LogP contribution in [0.1, 0.15) is 59.3 Å². The predicted molar refractivity (Wildman–Crippen MR) is 154 cm³/mol. The number of methoxy groups -OCH3 is 3. The van der Waals surface area contributed by atoms with Gasteiger partial charge in [-0.2, -0.15) is 13.2 Å². The number of alkyl halides is 3. The standard InChI is InChI=1S/C27H28F3N7O5S2/c1-40-18-9-8-15(21(41-2)22(18)42-3)13-32-23(38)25-36-34-19(43-25)6-4-5-7-20-35-37-26(44-20)24(39)33-14-17-12-16(10-11-31-17)27(28,29)30/h8-12H,4-7,13-14H2,1-3H3,(H,32,38)(H,33,39). The molecule has 3 heterocycles. The number of carbonyl (C=O) groups excluding carboxylic acids is 2. The molecule has 0 fully saturated rings. The van der Waals surface area contributed by atoms with E-state index >= 15 is 0 Å². The van der Waals surface area contributed by atoms with Crippen LogP contribution in [0, 0.1) is 0 Å². The van der Waals surface area contributed by atoms with Gasteiger partial charge in [-0.25, -0.2) is 0 Å². The van der Waals surface area contributed by atoms with Crippen LogP contribution in [0.5, 0.6) is 17.2 Å². The number of hydrogen-bond donors (Lipinski definition) is 2. The van der Waals surface area contributed by atoms with E-state index in [9.17, 15) is 22.8 Å². The van der Waals surface area contributed by atoms with E-state index in [1.54, 1.807) is 12.1 Å². The Morgan fingerprint density at radius 3 is 1.93 bits per heavy atom. The molecule has 4 aromatic rings. The van der Waals surface area contributed by atoms with Gasteiger partial charge < -0.3 is 24.8 Å². The summed E-state index contributed by atoms with van der Waals surface area (Å²) in [6, 6.07) is 5.25. The third-order valence-electron chi connectivity index (χ3n) is 6.15. The minimum absolute atomic E-state index is 0.0772. The molecular formula is C27H28F3N7O5S2. The van der Waals surface area contributed by atoms with Crippen molar-refractivity contribution in [2.75, 3.05) is 21.3 Å². The number of unbranched alkanes of at least 4 members (excludes halogenated alkanes) is 1. The number of benzene rings is 1. The molecule has 0 bridgehead atoms. The number of nitrogens with one attached hydrogen (secondary N) is 2. The zero-order valence-electron chi connectivity index (χ0n) is 23.9. The van der Waals surface area contributed by atoms with Gasteiger partial charge in [-0.3, -0.25) is 14.6 Å². The highest BCUT2D eigenvalue weighted by atomic mass is 32.1. The summed E-state index contributed by atoms with van der Waals surface area (Å²) in [6.07, 6.45) is -0.813. The number of rotatable bonds is 14. The summed E-state index contributed by atoms with van der Waals surface area (Å²) in [6.45, 7) is 0.00518. The molecule has 0 spiro atoms. The fraction of sp³-hybridized carbons (Fsp3) is 0.370. The first kappa shape index (κ1) is 32.5. The average molecular weight is 652 g/mol. The van der Waals surface area contributed by atoms with Gasteiger partial charge >= 0.3 is 6.18 Å². The van der Waals surface area contributed by atoms with Crippen LogP contribution in [0.2, 0.25) is 0 Å². The van der Waals surface area contributed by atoms with Crippen LogP contribution >= 0.6 is 22.7 Å². The Morgan fingerprint density at radius 1 is 0.795 bits per heavy atom. The number of carbonyl (C=O) groups is 2. The molecule has 0 atom stereocenters. The molecule has 0 unspecified atom stereocenters. The fourth-order valence-electron chi connectivity index (χ4n) is 4.00. The molecule has 0 saturated carbocycles. The van der Waals surface area contributed by atoms with Crippen molar-refractivity contribution in [1.29, 1.82) is 0 Å². The van der Waals surface area contributed by atoms with Crippen molar-refractivity contribution in [2.45, 2.75) is 44.9 Å². The monoisotopic (exact) mass is 651 g/mol. The van der Waals surface area contributed by atoms with Crippen molar-refractivity contribution in [3.05, 3.63) is 67.3 Å². The first-order valence-corrected chi connectivity index (χ1v) is 14.8. The lowest BCUT2D eigenvalue weighted by Crippen LogP contribution is -2.23. The maximum Gasteiger partial charge on any atom is 0.416 e. The highest BCUT2D eigenvalue weighted by Crippen LogP contribution is 2.39. The summed E-state index contributed by atoms with van der Waals surface area (Å²) in [5, 5.41) is 23.1. The Balaban J connectivity index is 1.20. The van der Waals surface area contributed by atoms with Gasteiger partial charge in [0, 0.05) is 31.1 Å². The second kappa shape index (κ2) is 14.9. The van der Waals surface area contributed by atoms with E-state index in [4.69, 9.17) is 14.2 Å². The molecule has 17 heteroatoms. The Hall–Kier alpha value is -4.38. The molecule has 234 valence electrons. The summed E-state index contributed by atoms with van der Waals surface area (Å²) >= 11 is 2.32. The van der Waals surface area contributed by atoms with Gasteiger partial charge in [0.05, 0.1) is 39.1 Å². The minimum Gasteiger partial charge on any atom is -0.493 e. The van der Waals surface area contributed by atoms with Crippen LogP contribution < -0.4 is 24.8 Å². The van der Waals surface area contributed by atoms with Crippen LogP contribution in [-0.4, -0.2) is 58.5 Å². The number of ether oxygens (including phenoxy) is 3. The van der Waals surface area contributed by atoms with E-state index in [1.165, 1.54) is 32.7 Å². The van der Waals surface area contributed by atoms with Crippen LogP contribution in [0.15, 0.2) is 30.5 Å². The summed E-state index contributed by atoms with van der Waals surface area (Å²) in [7, 11) is 4.53. The summed E-state index contributed by atoms with van der Waals surface area (Å²) < 4.78 is 54.7. The number of halogens is 3. The van der Waals surface area contributed by atoms with E-state index in [2.05, 4.69) is 36.0 Å². The van der Waals surface area contributed by atoms with Crippen molar-refractivity contribution >= 4 is 34.5 Å². The van der Waals surface area contributed by atoms with Crippen LogP contribution in [-0.2, 0) is 32.1 Å². The molecule has 44 heavy (non-hydrogen) atoms. The summed E-state index contributed by atoms with van der Waals surface area (Å²) in [4.78, 5) is 28.9. The maximum atomic E-state index is 12.9. The highest BCUT2D eigenvalue weighted by Gasteiger charge is 2.30. The Kier molecular flexibility index (Phi) is 11.0. The molecule has 4 rings (SSSR count). The molecule has 3 aromatic heterocycles. The number of aromatic nitrogens is 5. The van der Waals surface area contributed by atoms with Gasteiger partial charge in [0.25, 0.3) is 11.8 Å². The minimum atomic E-state index is -4.49. The Bertz CT molecular complexity index is 1600. The third kappa shape index (κ3) is 8.37. The molecule has 0 aliphatic rings. The number of nitrogens with zero attached hydrogens (tertiary/aromatic N) is 5. The topological polar surface area (TPSA) is 150 Å². The normalized spacial score (nSPS) is 11.2. The molecule has 0 saturated heterocycles. The van der Waals surface area contributed by atoms with E-state index in [0.717, 1.165) is 42.5 Å². The Labute approximate surface area is 258 Å². The second-order valence-electron chi connectivity index (χ2n) is 9.10. The van der Waals surface area contributed by atoms with Crippen LogP contribution in [0.4, 0.5) is 13.2 Å². The largest absolute Gasteiger partial charge is 0.493 e. The lowest BCUT2D eigenvalue weighted by molar-refractivity contribution is -0.137. The van der Waals surface area contributed by atoms with Gasteiger partial charge in [-0.1, -0.05) is 22.7 Å². The van der Waals surface area contributed by atoms with Gasteiger partial charge in [0.15, 0.2) is 11.5 Å². The molecule has 2 N–H and O–H groups in total. The van der Waals surface area contributed by atoms with Crippen molar-refractivity contribution < 1.29 is 37.0 Å². The zero-order valence-corrected chi connectivity index (χ0v) is 25.5. The molecule has 0 aliphatic heterocycles. The quantitative estimate of drug-likeness (QED) is 0.189. The number of amides is 2. The van der Waals surface area contributed by atoms with E-state index in [0.29, 0.717) is 45.7 Å². The summed E-state index contributed by atoms with van der Waals surface area (Å²) in [5.74, 6) is 0.488. The molecule has 12 nitrogen and oxygen atoms in total. The van der Waals surface area contributed by atoms with E-state index in [1.807, 2.05) is 0 Å².